The van der Waals surface area contributed by atoms with Crippen LogP contribution >= 0.6 is 0 Å². The molecular formula is C22H32N4O. The van der Waals surface area contributed by atoms with Crippen molar-refractivity contribution in [3.05, 3.63) is 46.3 Å². The summed E-state index contributed by atoms with van der Waals surface area (Å²) in [4.78, 5) is 15.2. The van der Waals surface area contributed by atoms with Gasteiger partial charge in [0.15, 0.2) is 0 Å². The van der Waals surface area contributed by atoms with Gasteiger partial charge in [0.25, 0.3) is 5.91 Å². The van der Waals surface area contributed by atoms with E-state index in [1.165, 1.54) is 36.1 Å². The molecule has 146 valence electrons. The predicted octanol–water partition coefficient (Wildman–Crippen LogP) is 3.70. The standard InChI is InChI=1S/C22H32N4O/c1-15-9-10-19(14-21(15)26-11-7-6-8-12-26)22(27)23-16(2)13-20-17(3)24-25(5)18(20)4/h9-10,14,16H,6-8,11-13H2,1-5H3,(H,23,27)/t16-/m0/s1. The highest BCUT2D eigenvalue weighted by atomic mass is 16.1. The highest BCUT2D eigenvalue weighted by molar-refractivity contribution is 5.95. The topological polar surface area (TPSA) is 50.2 Å². The second kappa shape index (κ2) is 8.15. The van der Waals surface area contributed by atoms with E-state index in [2.05, 4.69) is 48.2 Å². The van der Waals surface area contributed by atoms with Gasteiger partial charge in [-0.05, 0) is 76.6 Å². The molecule has 0 bridgehead atoms. The molecule has 0 radical (unpaired) electrons. The van der Waals surface area contributed by atoms with Crippen LogP contribution in [0.1, 0.15) is 59.1 Å². The first-order valence-electron chi connectivity index (χ1n) is 10.0. The van der Waals surface area contributed by atoms with E-state index >= 15 is 0 Å². The highest BCUT2D eigenvalue weighted by Gasteiger charge is 2.18. The fraction of sp³-hybridized carbons (Fsp3) is 0.545. The van der Waals surface area contributed by atoms with Crippen molar-refractivity contribution in [1.29, 1.82) is 0 Å². The SMILES string of the molecule is Cc1ccc(C(=O)N[C@@H](C)Cc2c(C)nn(C)c2C)cc1N1CCCCC1. The van der Waals surface area contributed by atoms with Crippen molar-refractivity contribution in [3.8, 4) is 0 Å². The van der Waals surface area contributed by atoms with Gasteiger partial charge in [-0.3, -0.25) is 9.48 Å². The number of nitrogens with zero attached hydrogens (tertiary/aromatic N) is 3. The number of carbonyl (C=O) groups excluding carboxylic acids is 1. The van der Waals surface area contributed by atoms with E-state index in [-0.39, 0.29) is 11.9 Å². The third-order valence-electron chi connectivity index (χ3n) is 5.71. The van der Waals surface area contributed by atoms with Gasteiger partial charge in [0, 0.05) is 43.1 Å². The first-order chi connectivity index (χ1) is 12.9. The molecule has 0 spiro atoms. The van der Waals surface area contributed by atoms with Gasteiger partial charge in [-0.15, -0.1) is 0 Å². The van der Waals surface area contributed by atoms with Crippen molar-refractivity contribution in [2.45, 2.75) is 59.4 Å². The number of rotatable bonds is 5. The number of hydrogen-bond donors (Lipinski definition) is 1. The first kappa shape index (κ1) is 19.5. The maximum atomic E-state index is 12.8. The summed E-state index contributed by atoms with van der Waals surface area (Å²) in [5.74, 6) is -0.0000409. The van der Waals surface area contributed by atoms with Crippen LogP contribution in [0.2, 0.25) is 0 Å². The smallest absolute Gasteiger partial charge is 0.251 e. The summed E-state index contributed by atoms with van der Waals surface area (Å²) in [6.07, 6.45) is 4.57. The van der Waals surface area contributed by atoms with Crippen molar-refractivity contribution in [1.82, 2.24) is 15.1 Å². The van der Waals surface area contributed by atoms with Gasteiger partial charge >= 0.3 is 0 Å². The molecule has 1 N–H and O–H groups in total. The Morgan fingerprint density at radius 1 is 1.19 bits per heavy atom. The Bertz CT molecular complexity index is 818. The number of amides is 1. The molecule has 1 fully saturated rings. The molecule has 1 aliphatic heterocycles. The lowest BCUT2D eigenvalue weighted by Crippen LogP contribution is -2.35. The molecule has 0 unspecified atom stereocenters. The molecular weight excluding hydrogens is 336 g/mol. The molecule has 2 aromatic rings. The highest BCUT2D eigenvalue weighted by Crippen LogP contribution is 2.25. The van der Waals surface area contributed by atoms with Gasteiger partial charge in [-0.2, -0.15) is 5.10 Å². The van der Waals surface area contributed by atoms with Crippen LogP contribution in [0.4, 0.5) is 5.69 Å². The fourth-order valence-corrected chi connectivity index (χ4v) is 4.00. The van der Waals surface area contributed by atoms with Gasteiger partial charge in [-0.1, -0.05) is 6.07 Å². The van der Waals surface area contributed by atoms with Gasteiger partial charge < -0.3 is 10.2 Å². The maximum Gasteiger partial charge on any atom is 0.251 e. The van der Waals surface area contributed by atoms with Crippen LogP contribution in [-0.4, -0.2) is 34.8 Å². The quantitative estimate of drug-likeness (QED) is 0.875. The summed E-state index contributed by atoms with van der Waals surface area (Å²) in [5, 5.41) is 7.64. The summed E-state index contributed by atoms with van der Waals surface area (Å²) < 4.78 is 1.91. The fourth-order valence-electron chi connectivity index (χ4n) is 4.00. The Morgan fingerprint density at radius 2 is 1.89 bits per heavy atom. The number of aromatic nitrogens is 2. The average molecular weight is 369 g/mol. The number of nitrogens with one attached hydrogen (secondary N) is 1. The third-order valence-corrected chi connectivity index (χ3v) is 5.71. The predicted molar refractivity (Wildman–Crippen MR) is 111 cm³/mol. The van der Waals surface area contributed by atoms with Crippen LogP contribution in [0.3, 0.4) is 0 Å². The lowest BCUT2D eigenvalue weighted by molar-refractivity contribution is 0.0940. The normalized spacial score (nSPS) is 15.7. The summed E-state index contributed by atoms with van der Waals surface area (Å²) in [7, 11) is 1.96. The van der Waals surface area contributed by atoms with Crippen LogP contribution < -0.4 is 10.2 Å². The molecule has 2 heterocycles. The van der Waals surface area contributed by atoms with Crippen molar-refractivity contribution < 1.29 is 4.79 Å². The summed E-state index contributed by atoms with van der Waals surface area (Å²) in [5.41, 5.74) is 6.61. The molecule has 1 atom stereocenters. The lowest BCUT2D eigenvalue weighted by Gasteiger charge is -2.30. The van der Waals surface area contributed by atoms with E-state index in [1.807, 2.05) is 24.7 Å². The molecule has 5 nitrogen and oxygen atoms in total. The van der Waals surface area contributed by atoms with Crippen LogP contribution in [0.25, 0.3) is 0 Å². The summed E-state index contributed by atoms with van der Waals surface area (Å²) >= 11 is 0. The molecule has 1 amide bonds. The molecule has 1 aliphatic rings. The van der Waals surface area contributed by atoms with E-state index in [0.717, 1.165) is 36.5 Å². The third kappa shape index (κ3) is 4.34. The van der Waals surface area contributed by atoms with E-state index in [4.69, 9.17) is 0 Å². The molecule has 1 aromatic heterocycles. The van der Waals surface area contributed by atoms with Crippen molar-refractivity contribution in [3.63, 3.8) is 0 Å². The zero-order chi connectivity index (χ0) is 19.6. The Labute approximate surface area is 162 Å². The van der Waals surface area contributed by atoms with Gasteiger partial charge in [0.05, 0.1) is 5.69 Å². The van der Waals surface area contributed by atoms with E-state index in [9.17, 15) is 4.79 Å². The van der Waals surface area contributed by atoms with Gasteiger partial charge in [0.1, 0.15) is 0 Å². The first-order valence-corrected chi connectivity index (χ1v) is 10.0. The molecule has 0 aliphatic carbocycles. The number of hydrogen-bond acceptors (Lipinski definition) is 3. The molecule has 3 rings (SSSR count). The van der Waals surface area contributed by atoms with Crippen molar-refractivity contribution in [2.75, 3.05) is 18.0 Å². The number of anilines is 1. The Kier molecular flexibility index (Phi) is 5.88. The van der Waals surface area contributed by atoms with Crippen LogP contribution in [0, 0.1) is 20.8 Å². The molecule has 27 heavy (non-hydrogen) atoms. The number of piperidine rings is 1. The largest absolute Gasteiger partial charge is 0.371 e. The van der Waals surface area contributed by atoms with Gasteiger partial charge in [-0.25, -0.2) is 0 Å². The zero-order valence-corrected chi connectivity index (χ0v) is 17.3. The molecule has 5 heteroatoms. The second-order valence-corrected chi connectivity index (χ2v) is 7.90. The minimum absolute atomic E-state index is 0.0000409. The number of benzene rings is 1. The van der Waals surface area contributed by atoms with E-state index in [1.54, 1.807) is 0 Å². The Hall–Kier alpha value is -2.30. The van der Waals surface area contributed by atoms with Gasteiger partial charge in [0.2, 0.25) is 0 Å². The molecule has 1 aromatic carbocycles. The minimum atomic E-state index is -0.0000409. The van der Waals surface area contributed by atoms with Crippen molar-refractivity contribution in [2.24, 2.45) is 7.05 Å². The molecule has 0 saturated carbocycles. The zero-order valence-electron chi connectivity index (χ0n) is 17.3. The van der Waals surface area contributed by atoms with Crippen LogP contribution in [0.15, 0.2) is 18.2 Å². The number of carbonyl (C=O) groups is 1. The van der Waals surface area contributed by atoms with Crippen LogP contribution in [0.5, 0.6) is 0 Å². The maximum absolute atomic E-state index is 12.8. The summed E-state index contributed by atoms with van der Waals surface area (Å²) in [6.45, 7) is 10.5. The molecule has 1 saturated heterocycles. The number of aryl methyl sites for hydroxylation is 3. The second-order valence-electron chi connectivity index (χ2n) is 7.90. The van der Waals surface area contributed by atoms with Crippen molar-refractivity contribution >= 4 is 11.6 Å². The summed E-state index contributed by atoms with van der Waals surface area (Å²) in [6, 6.07) is 6.12. The Balaban J connectivity index is 1.70. The lowest BCUT2D eigenvalue weighted by atomic mass is 10.0. The minimum Gasteiger partial charge on any atom is -0.371 e. The van der Waals surface area contributed by atoms with E-state index in [0.29, 0.717) is 0 Å². The monoisotopic (exact) mass is 368 g/mol. The van der Waals surface area contributed by atoms with Crippen LogP contribution in [-0.2, 0) is 13.5 Å². The average Bonchev–Trinajstić information content (AvgIpc) is 2.89. The Morgan fingerprint density at radius 3 is 2.52 bits per heavy atom. The van der Waals surface area contributed by atoms with E-state index < -0.39 is 0 Å².